The lowest BCUT2D eigenvalue weighted by molar-refractivity contribution is -0.0790. The highest BCUT2D eigenvalue weighted by atomic mass is 19.4. The molecular weight excluding hydrogens is 261 g/mol. The van der Waals surface area contributed by atoms with Gasteiger partial charge < -0.3 is 0 Å². The molecule has 0 saturated heterocycles. The van der Waals surface area contributed by atoms with Gasteiger partial charge in [-0.1, -0.05) is 48.5 Å². The maximum atomic E-state index is 12.4. The van der Waals surface area contributed by atoms with E-state index in [0.717, 1.165) is 27.6 Å². The Morgan fingerprint density at radius 1 is 0.750 bits per heavy atom. The fraction of sp³-hybridized carbons (Fsp3) is 0.0588. The van der Waals surface area contributed by atoms with Crippen molar-refractivity contribution in [3.63, 3.8) is 0 Å². The smallest absolute Gasteiger partial charge is 0.167 e. The van der Waals surface area contributed by atoms with Gasteiger partial charge in [0.1, 0.15) is 0 Å². The van der Waals surface area contributed by atoms with Crippen LogP contribution in [0.4, 0.5) is 13.2 Å². The Bertz CT molecular complexity index is 798. The number of fused-ring (bicyclic) bond motifs is 3. The number of allylic oxidation sites excluding steroid dienone is 1. The Balaban J connectivity index is 2.32. The van der Waals surface area contributed by atoms with Gasteiger partial charge >= 0.3 is 6.18 Å². The highest BCUT2D eigenvalue weighted by molar-refractivity contribution is 6.10. The predicted molar refractivity (Wildman–Crippen MR) is 76.5 cm³/mol. The summed E-state index contributed by atoms with van der Waals surface area (Å²) in [6.45, 7) is 0. The Labute approximate surface area is 114 Å². The first-order valence-electron chi connectivity index (χ1n) is 6.21. The molecule has 3 aromatic rings. The van der Waals surface area contributed by atoms with Gasteiger partial charge in [-0.25, -0.2) is 0 Å². The lowest BCUT2D eigenvalue weighted by atomic mass is 9.97. The first-order chi connectivity index (χ1) is 9.54. The molecule has 0 amide bonds. The molecule has 0 aliphatic carbocycles. The standard InChI is InChI=1S/C17H11F3/c18-17(19,20)10-9-13-11-12-5-1-2-6-14(12)16-8-4-3-7-15(13)16/h1-11H/b10-9-. The van der Waals surface area contributed by atoms with Gasteiger partial charge in [0.2, 0.25) is 0 Å². The molecule has 0 nitrogen and oxygen atoms in total. The van der Waals surface area contributed by atoms with Gasteiger partial charge in [0.05, 0.1) is 0 Å². The molecule has 0 aliphatic heterocycles. The summed E-state index contributed by atoms with van der Waals surface area (Å²) < 4.78 is 37.1. The number of benzene rings is 3. The minimum absolute atomic E-state index is 0.281. The second kappa shape index (κ2) is 4.67. The largest absolute Gasteiger partial charge is 0.409 e. The first kappa shape index (κ1) is 12.7. The molecule has 20 heavy (non-hydrogen) atoms. The molecule has 0 aliphatic rings. The Morgan fingerprint density at radius 3 is 2.05 bits per heavy atom. The Hall–Kier alpha value is -2.29. The molecular formula is C17H11F3. The van der Waals surface area contributed by atoms with E-state index in [1.165, 1.54) is 0 Å². The van der Waals surface area contributed by atoms with Gasteiger partial charge in [0.25, 0.3) is 0 Å². The molecule has 0 N–H and O–H groups in total. The summed E-state index contributed by atoms with van der Waals surface area (Å²) in [5.74, 6) is 0. The lowest BCUT2D eigenvalue weighted by Gasteiger charge is -2.08. The predicted octanol–water partition coefficient (Wildman–Crippen LogP) is 5.57. The van der Waals surface area contributed by atoms with E-state index in [2.05, 4.69) is 0 Å². The van der Waals surface area contributed by atoms with Crippen LogP contribution < -0.4 is 0 Å². The van der Waals surface area contributed by atoms with Crippen LogP contribution in [0.25, 0.3) is 27.6 Å². The minimum atomic E-state index is -4.30. The summed E-state index contributed by atoms with van der Waals surface area (Å²) in [6, 6.07) is 17.0. The lowest BCUT2D eigenvalue weighted by Crippen LogP contribution is -2.00. The zero-order valence-electron chi connectivity index (χ0n) is 10.5. The average molecular weight is 272 g/mol. The van der Waals surface area contributed by atoms with Crippen molar-refractivity contribution in [3.05, 3.63) is 66.2 Å². The van der Waals surface area contributed by atoms with E-state index in [4.69, 9.17) is 0 Å². The van der Waals surface area contributed by atoms with E-state index in [0.29, 0.717) is 5.56 Å². The summed E-state index contributed by atoms with van der Waals surface area (Å²) >= 11 is 0. The molecule has 100 valence electrons. The molecule has 0 unspecified atom stereocenters. The second-order valence-electron chi connectivity index (χ2n) is 4.61. The van der Waals surface area contributed by atoms with E-state index in [1.54, 1.807) is 6.07 Å². The molecule has 0 atom stereocenters. The van der Waals surface area contributed by atoms with Crippen LogP contribution in [0, 0.1) is 0 Å². The number of rotatable bonds is 1. The molecule has 0 fully saturated rings. The summed E-state index contributed by atoms with van der Waals surface area (Å²) in [7, 11) is 0. The Kier molecular flexibility index (Phi) is 2.97. The molecule has 0 saturated carbocycles. The van der Waals surface area contributed by atoms with Gasteiger partial charge in [-0.3, -0.25) is 0 Å². The minimum Gasteiger partial charge on any atom is -0.167 e. The number of alkyl halides is 3. The monoisotopic (exact) mass is 272 g/mol. The second-order valence-corrected chi connectivity index (χ2v) is 4.61. The molecule has 0 aromatic heterocycles. The number of hydrogen-bond acceptors (Lipinski definition) is 0. The third kappa shape index (κ3) is 2.39. The summed E-state index contributed by atoms with van der Waals surface area (Å²) in [5, 5.41) is 3.78. The fourth-order valence-corrected chi connectivity index (χ4v) is 2.41. The number of hydrogen-bond donors (Lipinski definition) is 0. The van der Waals surface area contributed by atoms with Crippen molar-refractivity contribution in [1.29, 1.82) is 0 Å². The van der Waals surface area contributed by atoms with E-state index in [-0.39, 0.29) is 6.08 Å². The van der Waals surface area contributed by atoms with Crippen molar-refractivity contribution in [3.8, 4) is 0 Å². The van der Waals surface area contributed by atoms with Crippen molar-refractivity contribution >= 4 is 27.6 Å². The normalized spacial score (nSPS) is 12.6. The van der Waals surface area contributed by atoms with Crippen molar-refractivity contribution in [2.45, 2.75) is 6.18 Å². The third-order valence-electron chi connectivity index (χ3n) is 3.25. The molecule has 0 spiro atoms. The van der Waals surface area contributed by atoms with Crippen LogP contribution in [0.5, 0.6) is 0 Å². The number of halogens is 3. The van der Waals surface area contributed by atoms with Crippen molar-refractivity contribution in [2.24, 2.45) is 0 Å². The molecule has 3 heteroatoms. The van der Waals surface area contributed by atoms with Crippen LogP contribution >= 0.6 is 0 Å². The van der Waals surface area contributed by atoms with Crippen molar-refractivity contribution < 1.29 is 13.2 Å². The van der Waals surface area contributed by atoms with E-state index in [1.807, 2.05) is 48.5 Å². The van der Waals surface area contributed by atoms with Gasteiger partial charge in [0, 0.05) is 6.08 Å². The summed E-state index contributed by atoms with van der Waals surface area (Å²) in [6.07, 6.45) is -2.88. The first-order valence-corrected chi connectivity index (χ1v) is 6.21. The molecule has 3 rings (SSSR count). The third-order valence-corrected chi connectivity index (χ3v) is 3.25. The van der Waals surface area contributed by atoms with Crippen molar-refractivity contribution in [1.82, 2.24) is 0 Å². The van der Waals surface area contributed by atoms with Crippen LogP contribution in [0.1, 0.15) is 5.56 Å². The van der Waals surface area contributed by atoms with Gasteiger partial charge in [-0.15, -0.1) is 0 Å². The molecule has 0 heterocycles. The molecule has 0 radical (unpaired) electrons. The van der Waals surface area contributed by atoms with E-state index >= 15 is 0 Å². The van der Waals surface area contributed by atoms with Crippen LogP contribution in [-0.4, -0.2) is 6.18 Å². The SMILES string of the molecule is FC(F)(F)/C=C\c1cc2ccccc2c2ccccc12. The highest BCUT2D eigenvalue weighted by Crippen LogP contribution is 2.30. The van der Waals surface area contributed by atoms with E-state index < -0.39 is 6.18 Å². The average Bonchev–Trinajstić information content (AvgIpc) is 2.44. The zero-order chi connectivity index (χ0) is 14.2. The maximum absolute atomic E-state index is 12.4. The van der Waals surface area contributed by atoms with Gasteiger partial charge in [-0.2, -0.15) is 13.2 Å². The van der Waals surface area contributed by atoms with E-state index in [9.17, 15) is 13.2 Å². The molecule has 0 bridgehead atoms. The van der Waals surface area contributed by atoms with Crippen LogP contribution in [0.3, 0.4) is 0 Å². The Morgan fingerprint density at radius 2 is 1.35 bits per heavy atom. The quantitative estimate of drug-likeness (QED) is 0.508. The van der Waals surface area contributed by atoms with Crippen molar-refractivity contribution in [2.75, 3.05) is 0 Å². The van der Waals surface area contributed by atoms with Crippen LogP contribution in [-0.2, 0) is 0 Å². The highest BCUT2D eigenvalue weighted by Gasteiger charge is 2.22. The van der Waals surface area contributed by atoms with Crippen LogP contribution in [0.15, 0.2) is 60.7 Å². The van der Waals surface area contributed by atoms with Gasteiger partial charge in [-0.05, 0) is 39.3 Å². The van der Waals surface area contributed by atoms with Gasteiger partial charge in [0.15, 0.2) is 0 Å². The maximum Gasteiger partial charge on any atom is 0.409 e. The fourth-order valence-electron chi connectivity index (χ4n) is 2.41. The summed E-state index contributed by atoms with van der Waals surface area (Å²) in [4.78, 5) is 0. The van der Waals surface area contributed by atoms with Crippen LogP contribution in [0.2, 0.25) is 0 Å². The zero-order valence-corrected chi connectivity index (χ0v) is 10.5. The molecule has 3 aromatic carbocycles. The topological polar surface area (TPSA) is 0 Å². The summed E-state index contributed by atoms with van der Waals surface area (Å²) in [5.41, 5.74) is 0.580.